The Morgan fingerprint density at radius 2 is 1.94 bits per heavy atom. The molecular weight excluding hydrogens is 232 g/mol. The number of hydrogen-bond donors (Lipinski definition) is 4. The second-order valence-electron chi connectivity index (χ2n) is 4.35. The highest BCUT2D eigenvalue weighted by Crippen LogP contribution is 2.11. The summed E-state index contributed by atoms with van der Waals surface area (Å²) in [6.45, 7) is 3.82. The van der Waals surface area contributed by atoms with Crippen LogP contribution in [0.3, 0.4) is 0 Å². The number of rotatable bonds is 12. The summed E-state index contributed by atoms with van der Waals surface area (Å²) >= 11 is 0. The van der Waals surface area contributed by atoms with Gasteiger partial charge in [0.05, 0.1) is 13.1 Å². The summed E-state index contributed by atoms with van der Waals surface area (Å²) < 4.78 is 0. The van der Waals surface area contributed by atoms with Gasteiger partial charge in [0.15, 0.2) is 5.78 Å². The number of ketones is 1. The Kier molecular flexibility index (Phi) is 10.5. The molecule has 6 heteroatoms. The fourth-order valence-electron chi connectivity index (χ4n) is 1.64. The lowest BCUT2D eigenvalue weighted by Crippen LogP contribution is -2.35. The summed E-state index contributed by atoms with van der Waals surface area (Å²) in [5, 5.41) is 6.12. The average Bonchev–Trinajstić information content (AvgIpc) is 2.36. The van der Waals surface area contributed by atoms with Gasteiger partial charge in [0, 0.05) is 12.6 Å². The molecule has 6 nitrogen and oxygen atoms in total. The number of carbonyl (C=O) groups is 2. The highest BCUT2D eigenvalue weighted by Gasteiger charge is 2.11. The molecule has 0 heterocycles. The Labute approximate surface area is 109 Å². The molecule has 0 aromatic carbocycles. The Balaban J connectivity index is 3.30. The quantitative estimate of drug-likeness (QED) is 0.274. The van der Waals surface area contributed by atoms with Crippen molar-refractivity contribution in [2.45, 2.75) is 32.6 Å². The van der Waals surface area contributed by atoms with Crippen LogP contribution in [0.1, 0.15) is 32.6 Å². The van der Waals surface area contributed by atoms with Gasteiger partial charge in [0.2, 0.25) is 5.91 Å². The van der Waals surface area contributed by atoms with Crippen molar-refractivity contribution in [3.8, 4) is 0 Å². The second-order valence-corrected chi connectivity index (χ2v) is 4.35. The Morgan fingerprint density at radius 1 is 1.22 bits per heavy atom. The van der Waals surface area contributed by atoms with E-state index in [9.17, 15) is 9.59 Å². The number of unbranched alkanes of at least 4 members (excludes halogenated alkanes) is 1. The van der Waals surface area contributed by atoms with Crippen molar-refractivity contribution in [1.82, 2.24) is 10.6 Å². The predicted molar refractivity (Wildman–Crippen MR) is 71.8 cm³/mol. The van der Waals surface area contributed by atoms with Crippen LogP contribution in [0.4, 0.5) is 0 Å². The van der Waals surface area contributed by atoms with Crippen molar-refractivity contribution in [2.75, 3.05) is 26.3 Å². The minimum absolute atomic E-state index is 0.00375. The van der Waals surface area contributed by atoms with Crippen molar-refractivity contribution >= 4 is 11.7 Å². The predicted octanol–water partition coefficient (Wildman–Crippen LogP) is -0.667. The summed E-state index contributed by atoms with van der Waals surface area (Å²) in [4.78, 5) is 21.8. The van der Waals surface area contributed by atoms with E-state index in [1.807, 2.05) is 6.92 Å². The molecule has 0 aromatic heterocycles. The first kappa shape index (κ1) is 17.0. The molecule has 0 fully saturated rings. The molecule has 0 aromatic rings. The van der Waals surface area contributed by atoms with E-state index < -0.39 is 0 Å². The first-order valence-corrected chi connectivity index (χ1v) is 6.54. The maximum absolute atomic E-state index is 11.0. The van der Waals surface area contributed by atoms with Crippen LogP contribution in [0, 0.1) is 5.92 Å². The van der Waals surface area contributed by atoms with Gasteiger partial charge in [0.1, 0.15) is 0 Å². The lowest BCUT2D eigenvalue weighted by Gasteiger charge is -2.10. The molecule has 0 radical (unpaired) electrons. The van der Waals surface area contributed by atoms with Crippen molar-refractivity contribution in [1.29, 1.82) is 0 Å². The average molecular weight is 258 g/mol. The summed E-state index contributed by atoms with van der Waals surface area (Å²) in [6, 6.07) is 0. The van der Waals surface area contributed by atoms with Gasteiger partial charge >= 0.3 is 0 Å². The number of amides is 1. The van der Waals surface area contributed by atoms with Crippen LogP contribution in [0.15, 0.2) is 0 Å². The molecule has 0 spiro atoms. The third kappa shape index (κ3) is 9.09. The van der Waals surface area contributed by atoms with Gasteiger partial charge < -0.3 is 16.8 Å². The van der Waals surface area contributed by atoms with Crippen molar-refractivity contribution in [2.24, 2.45) is 17.4 Å². The summed E-state index contributed by atoms with van der Waals surface area (Å²) in [7, 11) is 0. The third-order valence-electron chi connectivity index (χ3n) is 2.85. The van der Waals surface area contributed by atoms with Gasteiger partial charge in [-0.05, 0) is 25.8 Å². The first-order valence-electron chi connectivity index (χ1n) is 6.54. The Bertz CT molecular complexity index is 246. The smallest absolute Gasteiger partial charge is 0.220 e. The second kappa shape index (κ2) is 11.1. The van der Waals surface area contributed by atoms with E-state index in [-0.39, 0.29) is 24.2 Å². The van der Waals surface area contributed by atoms with E-state index in [2.05, 4.69) is 10.6 Å². The number of nitrogens with two attached hydrogens (primary N) is 2. The lowest BCUT2D eigenvalue weighted by molar-refractivity contribution is -0.122. The van der Waals surface area contributed by atoms with E-state index >= 15 is 0 Å². The third-order valence-corrected chi connectivity index (χ3v) is 2.85. The number of primary amides is 1. The SMILES string of the molecule is CC[C@@H](CCCCNCNCC(=O)CN)C(N)=O. The summed E-state index contributed by atoms with van der Waals surface area (Å²) in [6.07, 6.45) is 3.64. The number of Topliss-reactive ketones (excluding diaryl/α,β-unsaturated/α-hetero) is 1. The minimum atomic E-state index is -0.201. The van der Waals surface area contributed by atoms with Crippen LogP contribution in [0.2, 0.25) is 0 Å². The maximum Gasteiger partial charge on any atom is 0.220 e. The summed E-state index contributed by atoms with van der Waals surface area (Å²) in [5.74, 6) is -0.193. The van der Waals surface area contributed by atoms with Gasteiger partial charge in [-0.25, -0.2) is 0 Å². The number of hydrogen-bond acceptors (Lipinski definition) is 5. The van der Waals surface area contributed by atoms with Gasteiger partial charge in [-0.3, -0.25) is 14.9 Å². The molecule has 0 rings (SSSR count). The fraction of sp³-hybridized carbons (Fsp3) is 0.833. The van der Waals surface area contributed by atoms with Gasteiger partial charge in [-0.2, -0.15) is 0 Å². The molecule has 18 heavy (non-hydrogen) atoms. The van der Waals surface area contributed by atoms with Crippen molar-refractivity contribution < 1.29 is 9.59 Å². The van der Waals surface area contributed by atoms with Crippen LogP contribution in [-0.2, 0) is 9.59 Å². The molecule has 0 unspecified atom stereocenters. The molecule has 0 aliphatic heterocycles. The van der Waals surface area contributed by atoms with E-state index in [0.717, 1.165) is 32.2 Å². The molecule has 0 saturated heterocycles. The van der Waals surface area contributed by atoms with Gasteiger partial charge in [0.25, 0.3) is 0 Å². The lowest BCUT2D eigenvalue weighted by atomic mass is 9.99. The van der Waals surface area contributed by atoms with E-state index in [4.69, 9.17) is 11.5 Å². The van der Waals surface area contributed by atoms with Crippen LogP contribution >= 0.6 is 0 Å². The zero-order valence-corrected chi connectivity index (χ0v) is 11.2. The Hall–Kier alpha value is -0.980. The van der Waals surface area contributed by atoms with E-state index in [0.29, 0.717) is 13.2 Å². The standard InChI is InChI=1S/C12H26N4O2/c1-2-10(12(14)18)5-3-4-6-15-9-16-8-11(17)7-13/h10,15-16H,2-9,13H2,1H3,(H2,14,18)/t10-/m0/s1. The monoisotopic (exact) mass is 258 g/mol. The van der Waals surface area contributed by atoms with Crippen LogP contribution in [0.5, 0.6) is 0 Å². The summed E-state index contributed by atoms with van der Waals surface area (Å²) in [5.41, 5.74) is 10.4. The molecule has 0 saturated carbocycles. The Morgan fingerprint density at radius 3 is 2.50 bits per heavy atom. The minimum Gasteiger partial charge on any atom is -0.369 e. The molecule has 106 valence electrons. The topological polar surface area (TPSA) is 110 Å². The highest BCUT2D eigenvalue weighted by atomic mass is 16.1. The van der Waals surface area contributed by atoms with Gasteiger partial charge in [-0.1, -0.05) is 13.3 Å². The zero-order valence-electron chi connectivity index (χ0n) is 11.2. The number of carbonyl (C=O) groups excluding carboxylic acids is 2. The number of nitrogens with one attached hydrogen (secondary N) is 2. The van der Waals surface area contributed by atoms with Crippen LogP contribution in [-0.4, -0.2) is 38.0 Å². The highest BCUT2D eigenvalue weighted by molar-refractivity contribution is 5.82. The molecule has 0 aliphatic rings. The normalized spacial score (nSPS) is 12.3. The fourth-order valence-corrected chi connectivity index (χ4v) is 1.64. The van der Waals surface area contributed by atoms with Crippen molar-refractivity contribution in [3.05, 3.63) is 0 Å². The largest absolute Gasteiger partial charge is 0.369 e. The van der Waals surface area contributed by atoms with Crippen LogP contribution in [0.25, 0.3) is 0 Å². The molecule has 0 bridgehead atoms. The molecule has 1 amide bonds. The van der Waals surface area contributed by atoms with E-state index in [1.165, 1.54) is 0 Å². The molecule has 6 N–H and O–H groups in total. The van der Waals surface area contributed by atoms with Gasteiger partial charge in [-0.15, -0.1) is 0 Å². The molecular formula is C12H26N4O2. The molecule has 1 atom stereocenters. The molecule has 0 aliphatic carbocycles. The maximum atomic E-state index is 11.0. The van der Waals surface area contributed by atoms with Crippen molar-refractivity contribution in [3.63, 3.8) is 0 Å². The first-order chi connectivity index (χ1) is 8.61. The van der Waals surface area contributed by atoms with E-state index in [1.54, 1.807) is 0 Å². The zero-order chi connectivity index (χ0) is 13.8. The van der Waals surface area contributed by atoms with Crippen LogP contribution < -0.4 is 22.1 Å².